The van der Waals surface area contributed by atoms with Gasteiger partial charge in [-0.15, -0.1) is 0 Å². The van der Waals surface area contributed by atoms with Crippen molar-refractivity contribution in [3.8, 4) is 5.75 Å². The molecule has 0 spiro atoms. The molecular weight excluding hydrogens is 496 g/mol. The predicted molar refractivity (Wildman–Crippen MR) is 137 cm³/mol. The van der Waals surface area contributed by atoms with Crippen molar-refractivity contribution in [2.75, 3.05) is 13.2 Å². The highest BCUT2D eigenvalue weighted by Gasteiger charge is 2.42. The molecular formula is C26H38N4O8. The number of nitrogens with one attached hydrogen (secondary N) is 2. The molecule has 1 fully saturated rings. The van der Waals surface area contributed by atoms with Gasteiger partial charge >= 0.3 is 12.1 Å². The summed E-state index contributed by atoms with van der Waals surface area (Å²) in [5.41, 5.74) is 4.84. The number of benzene rings is 1. The van der Waals surface area contributed by atoms with Gasteiger partial charge in [-0.1, -0.05) is 12.1 Å². The lowest BCUT2D eigenvalue weighted by Gasteiger charge is -2.43. The molecule has 12 nitrogen and oxygen atoms in total. The Morgan fingerprint density at radius 3 is 2.39 bits per heavy atom. The van der Waals surface area contributed by atoms with Gasteiger partial charge in [0.15, 0.2) is 0 Å². The second-order valence-electron chi connectivity index (χ2n) is 10.0. The Labute approximate surface area is 222 Å². The van der Waals surface area contributed by atoms with Crippen LogP contribution < -0.4 is 16.4 Å². The van der Waals surface area contributed by atoms with Crippen LogP contribution in [0.3, 0.4) is 0 Å². The fraction of sp³-hybridized carbons (Fsp3) is 0.577. The van der Waals surface area contributed by atoms with Crippen LogP contribution in [0.25, 0.3) is 0 Å². The van der Waals surface area contributed by atoms with Gasteiger partial charge in [-0.3, -0.25) is 19.2 Å². The Bertz CT molecular complexity index is 1020. The maximum Gasteiger partial charge on any atom is 0.408 e. The largest absolute Gasteiger partial charge is 0.508 e. The number of nitrogens with zero attached hydrogens (tertiary/aromatic N) is 1. The van der Waals surface area contributed by atoms with Crippen molar-refractivity contribution in [2.24, 2.45) is 5.73 Å². The first-order valence-corrected chi connectivity index (χ1v) is 12.6. The number of phenolic OH excluding ortho intramolecular Hbond substituents is 1. The zero-order valence-electron chi connectivity index (χ0n) is 22.3. The number of alkyl carbamates (subject to hydrolysis) is 1. The van der Waals surface area contributed by atoms with E-state index in [0.717, 1.165) is 6.42 Å². The lowest BCUT2D eigenvalue weighted by molar-refractivity contribution is -0.148. The smallest absolute Gasteiger partial charge is 0.408 e. The van der Waals surface area contributed by atoms with Crippen LogP contribution >= 0.6 is 0 Å². The molecule has 4 amide bonds. The number of esters is 1. The number of carbonyl (C=O) groups is 5. The van der Waals surface area contributed by atoms with Crippen molar-refractivity contribution in [3.63, 3.8) is 0 Å². The average molecular weight is 535 g/mol. The Morgan fingerprint density at radius 1 is 1.18 bits per heavy atom. The fourth-order valence-electron chi connectivity index (χ4n) is 3.96. The number of nitrogens with two attached hydrogens (primary N) is 1. The summed E-state index contributed by atoms with van der Waals surface area (Å²) in [7, 11) is 0. The van der Waals surface area contributed by atoms with E-state index in [4.69, 9.17) is 15.2 Å². The number of amides is 4. The van der Waals surface area contributed by atoms with E-state index in [1.165, 1.54) is 23.1 Å². The lowest BCUT2D eigenvalue weighted by atomic mass is 9.87. The molecule has 5 N–H and O–H groups in total. The van der Waals surface area contributed by atoms with Gasteiger partial charge in [0, 0.05) is 12.6 Å². The minimum atomic E-state index is -1.39. The van der Waals surface area contributed by atoms with Crippen LogP contribution in [0.1, 0.15) is 71.4 Å². The second-order valence-corrected chi connectivity index (χ2v) is 10.0. The summed E-state index contributed by atoms with van der Waals surface area (Å²) in [5.74, 6) is -2.74. The molecule has 0 aromatic heterocycles. The zero-order valence-corrected chi connectivity index (χ0v) is 22.3. The number of carbonyl (C=O) groups excluding carboxylic acids is 5. The highest BCUT2D eigenvalue weighted by atomic mass is 16.6. The SMILES string of the molecule is CCOC(=O)CCNC(=O)C(c1cccc(O)c1)N(C(=O)C(CC(N)=O)NC(=O)OC(C)(C)C)C1CCC1. The van der Waals surface area contributed by atoms with Crippen LogP contribution in [0.15, 0.2) is 24.3 Å². The molecule has 12 heteroatoms. The number of phenols is 1. The van der Waals surface area contributed by atoms with Gasteiger partial charge in [-0.25, -0.2) is 4.79 Å². The van der Waals surface area contributed by atoms with Gasteiger partial charge in [0.2, 0.25) is 17.7 Å². The Kier molecular flexibility index (Phi) is 10.9. The molecule has 0 bridgehead atoms. The molecule has 210 valence electrons. The Hall–Kier alpha value is -3.83. The maximum absolute atomic E-state index is 13.9. The summed E-state index contributed by atoms with van der Waals surface area (Å²) >= 11 is 0. The third-order valence-electron chi connectivity index (χ3n) is 5.76. The molecule has 38 heavy (non-hydrogen) atoms. The fourth-order valence-corrected chi connectivity index (χ4v) is 3.96. The quantitative estimate of drug-likeness (QED) is 0.292. The number of hydrogen-bond donors (Lipinski definition) is 4. The summed E-state index contributed by atoms with van der Waals surface area (Å²) in [5, 5.41) is 15.2. The summed E-state index contributed by atoms with van der Waals surface area (Å²) < 4.78 is 10.1. The highest BCUT2D eigenvalue weighted by Crippen LogP contribution is 2.34. The Morgan fingerprint density at radius 2 is 1.87 bits per heavy atom. The summed E-state index contributed by atoms with van der Waals surface area (Å²) in [6.07, 6.45) is 0.483. The third kappa shape index (κ3) is 9.24. The molecule has 0 heterocycles. The van der Waals surface area contributed by atoms with Crippen LogP contribution in [-0.4, -0.2) is 70.6 Å². The molecule has 0 saturated heterocycles. The van der Waals surface area contributed by atoms with Crippen LogP contribution in [-0.2, 0) is 28.7 Å². The van der Waals surface area contributed by atoms with Crippen molar-refractivity contribution >= 4 is 29.8 Å². The van der Waals surface area contributed by atoms with Crippen LogP contribution in [0.4, 0.5) is 4.79 Å². The average Bonchev–Trinajstić information content (AvgIpc) is 2.75. The molecule has 1 aromatic rings. The van der Waals surface area contributed by atoms with Crippen LogP contribution in [0.5, 0.6) is 5.75 Å². The summed E-state index contributed by atoms with van der Waals surface area (Å²) in [4.78, 5) is 64.8. The van der Waals surface area contributed by atoms with Crippen LogP contribution in [0, 0.1) is 0 Å². The monoisotopic (exact) mass is 534 g/mol. The van der Waals surface area contributed by atoms with E-state index in [1.807, 2.05) is 0 Å². The highest BCUT2D eigenvalue weighted by molar-refractivity contribution is 5.95. The minimum absolute atomic E-state index is 0.0411. The lowest BCUT2D eigenvalue weighted by Crippen LogP contribution is -2.58. The molecule has 2 unspecified atom stereocenters. The molecule has 1 saturated carbocycles. The van der Waals surface area contributed by atoms with E-state index in [9.17, 15) is 29.1 Å². The zero-order chi connectivity index (χ0) is 28.5. The molecule has 0 radical (unpaired) electrons. The number of primary amides is 1. The van der Waals surface area contributed by atoms with Gasteiger partial charge < -0.3 is 35.8 Å². The topological polar surface area (TPSA) is 177 Å². The summed E-state index contributed by atoms with van der Waals surface area (Å²) in [6.45, 7) is 6.78. The van der Waals surface area contributed by atoms with E-state index in [-0.39, 0.29) is 31.4 Å². The summed E-state index contributed by atoms with van der Waals surface area (Å²) in [6, 6.07) is 2.91. The van der Waals surface area contributed by atoms with Crippen molar-refractivity contribution < 1.29 is 38.6 Å². The predicted octanol–water partition coefficient (Wildman–Crippen LogP) is 1.65. The molecule has 2 atom stereocenters. The van der Waals surface area contributed by atoms with E-state index in [2.05, 4.69) is 10.6 Å². The molecule has 2 rings (SSSR count). The van der Waals surface area contributed by atoms with Gasteiger partial charge in [0.25, 0.3) is 0 Å². The van der Waals surface area contributed by atoms with E-state index in [0.29, 0.717) is 18.4 Å². The molecule has 1 aliphatic rings. The first-order valence-electron chi connectivity index (χ1n) is 12.6. The standard InChI is InChI=1S/C26H38N4O8/c1-5-37-21(33)12-13-28-23(34)22(16-8-6-11-18(31)14-16)30(17-9-7-10-17)24(35)19(15-20(27)32)29-25(36)38-26(2,3)4/h6,8,11,14,17,19,22,31H,5,7,9-10,12-13,15H2,1-4H3,(H2,27,32)(H,28,34)(H,29,36). The minimum Gasteiger partial charge on any atom is -0.508 e. The molecule has 1 aliphatic carbocycles. The van der Waals surface area contributed by atoms with E-state index < -0.39 is 53.9 Å². The van der Waals surface area contributed by atoms with Gasteiger partial charge in [-0.05, 0) is 64.7 Å². The second kappa shape index (κ2) is 13.6. The van der Waals surface area contributed by atoms with Crippen molar-refractivity contribution in [2.45, 2.75) is 83.5 Å². The van der Waals surface area contributed by atoms with E-state index >= 15 is 0 Å². The Balaban J connectivity index is 2.42. The number of ether oxygens (including phenoxy) is 2. The first kappa shape index (κ1) is 30.4. The van der Waals surface area contributed by atoms with Crippen molar-refractivity contribution in [3.05, 3.63) is 29.8 Å². The van der Waals surface area contributed by atoms with E-state index in [1.54, 1.807) is 33.8 Å². The number of rotatable bonds is 12. The number of aromatic hydroxyl groups is 1. The van der Waals surface area contributed by atoms with Gasteiger partial charge in [-0.2, -0.15) is 0 Å². The van der Waals surface area contributed by atoms with Crippen molar-refractivity contribution in [1.82, 2.24) is 15.5 Å². The third-order valence-corrected chi connectivity index (χ3v) is 5.76. The molecule has 0 aliphatic heterocycles. The van der Waals surface area contributed by atoms with Gasteiger partial charge in [0.05, 0.1) is 19.4 Å². The normalized spacial score (nSPS) is 14.8. The van der Waals surface area contributed by atoms with Gasteiger partial charge in [0.1, 0.15) is 23.4 Å². The van der Waals surface area contributed by atoms with Crippen molar-refractivity contribution in [1.29, 1.82) is 0 Å². The first-order chi connectivity index (χ1) is 17.8. The van der Waals surface area contributed by atoms with Crippen LogP contribution in [0.2, 0.25) is 0 Å². The maximum atomic E-state index is 13.9. The number of hydrogen-bond acceptors (Lipinski definition) is 8. The molecule has 1 aromatic carbocycles.